The zero-order valence-electron chi connectivity index (χ0n) is 14.0. The third-order valence-electron chi connectivity index (χ3n) is 4.59. The van der Waals surface area contributed by atoms with Crippen molar-refractivity contribution in [3.05, 3.63) is 36.4 Å². The largest absolute Gasteiger partial charge is 0.347 e. The van der Waals surface area contributed by atoms with E-state index in [1.54, 1.807) is 11.1 Å². The third-order valence-corrected chi connectivity index (χ3v) is 4.59. The van der Waals surface area contributed by atoms with Crippen molar-refractivity contribution in [1.29, 1.82) is 0 Å². The Labute approximate surface area is 136 Å². The lowest BCUT2D eigenvalue weighted by molar-refractivity contribution is -0.141. The van der Waals surface area contributed by atoms with Crippen LogP contribution in [0.25, 0.3) is 0 Å². The number of nitrogens with zero attached hydrogens (tertiary/aromatic N) is 6. The number of hydrogen-bond donors (Lipinski definition) is 0. The minimum Gasteiger partial charge on any atom is -0.347 e. The number of aromatic nitrogens is 4. The molecule has 1 aliphatic heterocycles. The van der Waals surface area contributed by atoms with Crippen LogP contribution in [0.3, 0.4) is 0 Å². The molecule has 0 N–H and O–H groups in total. The molecule has 3 rings (SSSR count). The molecule has 7 nitrogen and oxygen atoms in total. The fraction of sp³-hybridized carbons (Fsp3) is 0.562. The zero-order chi connectivity index (χ0) is 16.4. The van der Waals surface area contributed by atoms with Crippen LogP contribution in [0, 0.1) is 0 Å². The highest BCUT2D eigenvalue weighted by Gasteiger charge is 2.44. The molecule has 0 radical (unpaired) electrons. The van der Waals surface area contributed by atoms with E-state index in [-0.39, 0.29) is 5.91 Å². The zero-order valence-corrected chi connectivity index (χ0v) is 14.0. The van der Waals surface area contributed by atoms with Gasteiger partial charge < -0.3 is 4.90 Å². The van der Waals surface area contributed by atoms with Crippen molar-refractivity contribution >= 4 is 5.91 Å². The topological polar surface area (TPSA) is 59.2 Å². The molecule has 0 unspecified atom stereocenters. The molecule has 0 aliphatic carbocycles. The Morgan fingerprint density at radius 1 is 1.30 bits per heavy atom. The summed E-state index contributed by atoms with van der Waals surface area (Å²) in [5.74, 6) is 0.127. The van der Waals surface area contributed by atoms with Crippen molar-refractivity contribution in [2.75, 3.05) is 27.2 Å². The highest BCUT2D eigenvalue weighted by molar-refractivity contribution is 5.84. The third kappa shape index (κ3) is 3.01. The van der Waals surface area contributed by atoms with Gasteiger partial charge in [-0.05, 0) is 18.9 Å². The van der Waals surface area contributed by atoms with Crippen molar-refractivity contribution in [3.8, 4) is 0 Å². The number of hydrogen-bond acceptors (Lipinski definition) is 4. The summed E-state index contributed by atoms with van der Waals surface area (Å²) >= 11 is 0. The molecule has 23 heavy (non-hydrogen) atoms. The molecule has 0 spiro atoms. The molecule has 124 valence electrons. The smallest absolute Gasteiger partial charge is 0.250 e. The summed E-state index contributed by atoms with van der Waals surface area (Å²) < 4.78 is 3.67. The van der Waals surface area contributed by atoms with Crippen molar-refractivity contribution < 1.29 is 4.79 Å². The number of carbonyl (C=O) groups is 1. The predicted molar refractivity (Wildman–Crippen MR) is 86.6 cm³/mol. The predicted octanol–water partition coefficient (Wildman–Crippen LogP) is 0.696. The number of likely N-dealkylation sites (N-methyl/N-ethyl adjacent to an activating group) is 1. The fourth-order valence-corrected chi connectivity index (χ4v) is 3.37. The van der Waals surface area contributed by atoms with Crippen LogP contribution in [-0.2, 0) is 23.9 Å². The van der Waals surface area contributed by atoms with E-state index in [1.165, 1.54) is 5.56 Å². The molecule has 1 aliphatic rings. The average molecular weight is 316 g/mol. The molecule has 2 aromatic rings. The molecule has 2 aromatic heterocycles. The van der Waals surface area contributed by atoms with Crippen LogP contribution in [0.1, 0.15) is 18.4 Å². The summed E-state index contributed by atoms with van der Waals surface area (Å²) in [6, 6.07) is 1.88. The highest BCUT2D eigenvalue weighted by Crippen LogP contribution is 2.32. The lowest BCUT2D eigenvalue weighted by Crippen LogP contribution is -2.54. The first kappa shape index (κ1) is 15.7. The quantitative estimate of drug-likeness (QED) is 0.833. The van der Waals surface area contributed by atoms with Crippen molar-refractivity contribution in [1.82, 2.24) is 29.4 Å². The minimum atomic E-state index is -0.557. The van der Waals surface area contributed by atoms with Crippen LogP contribution in [0.4, 0.5) is 0 Å². The first-order valence-corrected chi connectivity index (χ1v) is 7.93. The van der Waals surface area contributed by atoms with Gasteiger partial charge >= 0.3 is 0 Å². The van der Waals surface area contributed by atoms with Crippen LogP contribution >= 0.6 is 0 Å². The van der Waals surface area contributed by atoms with Crippen LogP contribution < -0.4 is 0 Å². The molecule has 7 heteroatoms. The number of likely N-dealkylation sites (tertiary alicyclic amines) is 1. The second-order valence-corrected chi connectivity index (χ2v) is 6.48. The monoisotopic (exact) mass is 316 g/mol. The molecule has 0 atom stereocenters. The minimum absolute atomic E-state index is 0.127. The van der Waals surface area contributed by atoms with E-state index >= 15 is 0 Å². The second kappa shape index (κ2) is 6.16. The normalized spacial score (nSPS) is 18.0. The molecule has 0 bridgehead atoms. The van der Waals surface area contributed by atoms with Gasteiger partial charge in [0.15, 0.2) is 0 Å². The fourth-order valence-electron chi connectivity index (χ4n) is 3.37. The van der Waals surface area contributed by atoms with Gasteiger partial charge in [-0.25, -0.2) is 0 Å². The lowest BCUT2D eigenvalue weighted by atomic mass is 9.86. The average Bonchev–Trinajstić information content (AvgIpc) is 3.19. The Morgan fingerprint density at radius 3 is 2.57 bits per heavy atom. The van der Waals surface area contributed by atoms with Crippen molar-refractivity contribution in [3.63, 3.8) is 0 Å². The van der Waals surface area contributed by atoms with E-state index < -0.39 is 5.54 Å². The van der Waals surface area contributed by atoms with E-state index in [0.717, 1.165) is 32.5 Å². The maximum absolute atomic E-state index is 12.8. The number of carbonyl (C=O) groups excluding carboxylic acids is 1. The summed E-state index contributed by atoms with van der Waals surface area (Å²) in [5, 5.41) is 8.58. The van der Waals surface area contributed by atoms with Crippen LogP contribution in [0.2, 0.25) is 0 Å². The van der Waals surface area contributed by atoms with Gasteiger partial charge in [0, 0.05) is 64.9 Å². The van der Waals surface area contributed by atoms with E-state index in [1.807, 2.05) is 55.2 Å². The first-order valence-electron chi connectivity index (χ1n) is 7.93. The Kier molecular flexibility index (Phi) is 4.21. The molecule has 3 heterocycles. The van der Waals surface area contributed by atoms with E-state index in [0.29, 0.717) is 0 Å². The Balaban J connectivity index is 1.74. The summed E-state index contributed by atoms with van der Waals surface area (Å²) in [7, 11) is 5.56. The van der Waals surface area contributed by atoms with E-state index in [9.17, 15) is 4.79 Å². The number of amides is 1. The van der Waals surface area contributed by atoms with Crippen molar-refractivity contribution in [2.24, 2.45) is 7.05 Å². The van der Waals surface area contributed by atoms with Gasteiger partial charge in [0.05, 0.1) is 6.20 Å². The Hall–Kier alpha value is -2.15. The summed E-state index contributed by atoms with van der Waals surface area (Å²) in [6.45, 7) is 2.61. The number of aryl methyl sites for hydroxylation is 1. The first-order chi connectivity index (χ1) is 11.0. The number of piperidine rings is 1. The SMILES string of the molecule is CN(C)C(=O)C1(n2cccn2)CCN(Cc2cnn(C)c2)CC1. The Morgan fingerprint density at radius 2 is 2.04 bits per heavy atom. The van der Waals surface area contributed by atoms with E-state index in [2.05, 4.69) is 15.1 Å². The van der Waals surface area contributed by atoms with Gasteiger partial charge in [-0.2, -0.15) is 10.2 Å². The Bertz CT molecular complexity index is 652. The molecular formula is C16H24N6O. The van der Waals surface area contributed by atoms with Crippen molar-refractivity contribution in [2.45, 2.75) is 24.9 Å². The summed E-state index contributed by atoms with van der Waals surface area (Å²) in [6.07, 6.45) is 9.13. The van der Waals surface area contributed by atoms with Gasteiger partial charge in [-0.1, -0.05) is 0 Å². The molecule has 1 saturated heterocycles. The molecule has 0 aromatic carbocycles. The molecule has 1 amide bonds. The van der Waals surface area contributed by atoms with Crippen LogP contribution in [-0.4, -0.2) is 62.5 Å². The molecule has 1 fully saturated rings. The molecule has 0 saturated carbocycles. The van der Waals surface area contributed by atoms with Gasteiger partial charge in [-0.3, -0.25) is 19.1 Å². The van der Waals surface area contributed by atoms with Gasteiger partial charge in [-0.15, -0.1) is 0 Å². The molecular weight excluding hydrogens is 292 g/mol. The van der Waals surface area contributed by atoms with Gasteiger partial charge in [0.1, 0.15) is 5.54 Å². The van der Waals surface area contributed by atoms with Gasteiger partial charge in [0.2, 0.25) is 5.91 Å². The summed E-state index contributed by atoms with van der Waals surface area (Å²) in [4.78, 5) is 16.9. The lowest BCUT2D eigenvalue weighted by Gasteiger charge is -2.41. The van der Waals surface area contributed by atoms with Crippen LogP contribution in [0.5, 0.6) is 0 Å². The number of rotatable bonds is 4. The highest BCUT2D eigenvalue weighted by atomic mass is 16.2. The second-order valence-electron chi connectivity index (χ2n) is 6.48. The van der Waals surface area contributed by atoms with Crippen LogP contribution in [0.15, 0.2) is 30.9 Å². The maximum atomic E-state index is 12.8. The van der Waals surface area contributed by atoms with Gasteiger partial charge in [0.25, 0.3) is 0 Å². The standard InChI is InChI=1S/C16H24N6O/c1-19(2)15(23)16(22-8-4-7-17-22)5-9-21(10-6-16)13-14-11-18-20(3)12-14/h4,7-8,11-12H,5-6,9-10,13H2,1-3H3. The summed E-state index contributed by atoms with van der Waals surface area (Å²) in [5.41, 5.74) is 0.649. The maximum Gasteiger partial charge on any atom is 0.250 e. The van der Waals surface area contributed by atoms with E-state index in [4.69, 9.17) is 0 Å².